The first-order valence-electron chi connectivity index (χ1n) is 8.91. The highest BCUT2D eigenvalue weighted by Gasteiger charge is 2.34. The molecule has 9 heteroatoms. The number of anilines is 1. The lowest BCUT2D eigenvalue weighted by Crippen LogP contribution is -2.54. The van der Waals surface area contributed by atoms with Crippen LogP contribution in [0.25, 0.3) is 6.08 Å². The molecule has 0 bridgehead atoms. The summed E-state index contributed by atoms with van der Waals surface area (Å²) in [5, 5.41) is 11.4. The second kappa shape index (κ2) is 8.75. The highest BCUT2D eigenvalue weighted by Crippen LogP contribution is 2.30. The predicted octanol–water partition coefficient (Wildman–Crippen LogP) is 2.62. The molecule has 3 rings (SSSR count). The van der Waals surface area contributed by atoms with Gasteiger partial charge in [0.1, 0.15) is 5.57 Å². The first-order chi connectivity index (χ1) is 14.3. The fourth-order valence-electron chi connectivity index (χ4n) is 2.86. The Morgan fingerprint density at radius 2 is 1.87 bits per heavy atom. The van der Waals surface area contributed by atoms with Gasteiger partial charge in [-0.3, -0.25) is 19.8 Å². The summed E-state index contributed by atoms with van der Waals surface area (Å²) >= 11 is 5.15. The third kappa shape index (κ3) is 4.15. The number of carboxylic acids is 1. The molecule has 1 saturated heterocycles. The predicted molar refractivity (Wildman–Crippen MR) is 114 cm³/mol. The summed E-state index contributed by atoms with van der Waals surface area (Å²) in [6.07, 6.45) is 1.43. The van der Waals surface area contributed by atoms with Crippen molar-refractivity contribution in [1.29, 1.82) is 0 Å². The minimum Gasteiger partial charge on any atom is -0.493 e. The van der Waals surface area contributed by atoms with E-state index >= 15 is 0 Å². The Bertz CT molecular complexity index is 1060. The SMILES string of the molecule is CCOc1cc(/C=C2\C(=O)NC(=S)N(c3ccc(C(=O)O)cc3)C2=O)ccc1OC. The number of benzene rings is 2. The fraction of sp³-hybridized carbons (Fsp3) is 0.143. The van der Waals surface area contributed by atoms with Crippen molar-refractivity contribution in [3.05, 3.63) is 59.2 Å². The van der Waals surface area contributed by atoms with Crippen LogP contribution < -0.4 is 19.7 Å². The average molecular weight is 426 g/mol. The zero-order valence-corrected chi connectivity index (χ0v) is 17.0. The van der Waals surface area contributed by atoms with Gasteiger partial charge in [-0.15, -0.1) is 0 Å². The molecule has 0 spiro atoms. The molecule has 0 atom stereocenters. The van der Waals surface area contributed by atoms with Gasteiger partial charge in [-0.1, -0.05) is 6.07 Å². The lowest BCUT2D eigenvalue weighted by molar-refractivity contribution is -0.122. The minimum atomic E-state index is -1.09. The molecule has 0 aliphatic carbocycles. The summed E-state index contributed by atoms with van der Waals surface area (Å²) in [5.74, 6) is -1.33. The largest absolute Gasteiger partial charge is 0.493 e. The number of methoxy groups -OCH3 is 1. The molecule has 1 heterocycles. The van der Waals surface area contributed by atoms with Gasteiger partial charge >= 0.3 is 5.97 Å². The van der Waals surface area contributed by atoms with E-state index < -0.39 is 17.8 Å². The van der Waals surface area contributed by atoms with E-state index in [1.165, 1.54) is 37.5 Å². The van der Waals surface area contributed by atoms with Crippen molar-refractivity contribution in [2.24, 2.45) is 0 Å². The molecule has 0 radical (unpaired) electrons. The van der Waals surface area contributed by atoms with Gasteiger partial charge in [0.2, 0.25) is 0 Å². The van der Waals surface area contributed by atoms with Crippen molar-refractivity contribution in [2.75, 3.05) is 18.6 Å². The Kier molecular flexibility index (Phi) is 6.12. The Morgan fingerprint density at radius 1 is 1.17 bits per heavy atom. The van der Waals surface area contributed by atoms with Crippen LogP contribution >= 0.6 is 12.2 Å². The normalized spacial score (nSPS) is 15.2. The van der Waals surface area contributed by atoms with Gasteiger partial charge in [0.25, 0.3) is 11.8 Å². The molecule has 1 fully saturated rings. The standard InChI is InChI=1S/C21H18N2O6S/c1-3-29-17-11-12(4-9-16(17)28-2)10-15-18(24)22-21(30)23(19(15)25)14-7-5-13(6-8-14)20(26)27/h4-11H,3H2,1-2H3,(H,26,27)(H,22,24,30)/b15-10+. The first-order valence-corrected chi connectivity index (χ1v) is 9.32. The smallest absolute Gasteiger partial charge is 0.335 e. The molecular weight excluding hydrogens is 408 g/mol. The van der Waals surface area contributed by atoms with Crippen molar-refractivity contribution in [3.8, 4) is 11.5 Å². The van der Waals surface area contributed by atoms with Crippen LogP contribution in [0.3, 0.4) is 0 Å². The van der Waals surface area contributed by atoms with E-state index in [1.54, 1.807) is 18.2 Å². The van der Waals surface area contributed by atoms with Crippen molar-refractivity contribution < 1.29 is 29.0 Å². The molecule has 1 aliphatic heterocycles. The molecule has 30 heavy (non-hydrogen) atoms. The molecule has 0 unspecified atom stereocenters. The van der Waals surface area contributed by atoms with Gasteiger partial charge in [-0.05, 0) is 67.2 Å². The number of carboxylic acid groups (broad SMARTS) is 1. The fourth-order valence-corrected chi connectivity index (χ4v) is 3.14. The summed E-state index contributed by atoms with van der Waals surface area (Å²) in [4.78, 5) is 37.6. The van der Waals surface area contributed by atoms with Crippen LogP contribution in [-0.4, -0.2) is 41.7 Å². The number of ether oxygens (including phenoxy) is 2. The Balaban J connectivity index is 1.98. The highest BCUT2D eigenvalue weighted by atomic mass is 32.1. The number of thiocarbonyl (C=S) groups is 1. The van der Waals surface area contributed by atoms with Gasteiger partial charge < -0.3 is 14.6 Å². The molecule has 1 aliphatic rings. The van der Waals surface area contributed by atoms with Gasteiger partial charge in [0.15, 0.2) is 16.6 Å². The third-order valence-electron chi connectivity index (χ3n) is 4.27. The first kappa shape index (κ1) is 21.0. The lowest BCUT2D eigenvalue weighted by atomic mass is 10.1. The van der Waals surface area contributed by atoms with Crippen LogP contribution in [0.2, 0.25) is 0 Å². The second-order valence-electron chi connectivity index (χ2n) is 6.15. The Hall–Kier alpha value is -3.72. The molecule has 2 N–H and O–H groups in total. The van der Waals surface area contributed by atoms with Crippen LogP contribution in [0.15, 0.2) is 48.0 Å². The number of hydrogen-bond acceptors (Lipinski definition) is 6. The van der Waals surface area contributed by atoms with Gasteiger partial charge in [-0.2, -0.15) is 0 Å². The van der Waals surface area contributed by atoms with E-state index in [-0.39, 0.29) is 16.2 Å². The van der Waals surface area contributed by atoms with Crippen LogP contribution in [0, 0.1) is 0 Å². The molecule has 2 aromatic rings. The lowest BCUT2D eigenvalue weighted by Gasteiger charge is -2.29. The topological polar surface area (TPSA) is 105 Å². The zero-order valence-electron chi connectivity index (χ0n) is 16.2. The molecule has 2 amide bonds. The van der Waals surface area contributed by atoms with E-state index in [0.29, 0.717) is 29.4 Å². The maximum atomic E-state index is 13.0. The zero-order chi connectivity index (χ0) is 21.8. The molecule has 8 nitrogen and oxygen atoms in total. The van der Waals surface area contributed by atoms with Crippen molar-refractivity contribution >= 4 is 46.9 Å². The molecule has 0 aromatic heterocycles. The van der Waals surface area contributed by atoms with Crippen molar-refractivity contribution in [2.45, 2.75) is 6.92 Å². The summed E-state index contributed by atoms with van der Waals surface area (Å²) < 4.78 is 10.8. The van der Waals surface area contributed by atoms with E-state index in [4.69, 9.17) is 26.8 Å². The molecule has 2 aromatic carbocycles. The Morgan fingerprint density at radius 3 is 2.47 bits per heavy atom. The second-order valence-corrected chi connectivity index (χ2v) is 6.54. The van der Waals surface area contributed by atoms with Crippen LogP contribution in [0.1, 0.15) is 22.8 Å². The monoisotopic (exact) mass is 426 g/mol. The minimum absolute atomic E-state index is 0.0654. The number of rotatable bonds is 6. The Labute approximate surface area is 177 Å². The average Bonchev–Trinajstić information content (AvgIpc) is 2.72. The maximum Gasteiger partial charge on any atom is 0.335 e. The highest BCUT2D eigenvalue weighted by molar-refractivity contribution is 7.80. The van der Waals surface area contributed by atoms with Crippen molar-refractivity contribution in [3.63, 3.8) is 0 Å². The molecular formula is C21H18N2O6S. The number of nitrogens with zero attached hydrogens (tertiary/aromatic N) is 1. The maximum absolute atomic E-state index is 13.0. The summed E-state index contributed by atoms with van der Waals surface area (Å²) in [7, 11) is 1.52. The van der Waals surface area contributed by atoms with Crippen LogP contribution in [0.4, 0.5) is 5.69 Å². The van der Waals surface area contributed by atoms with Crippen LogP contribution in [-0.2, 0) is 9.59 Å². The van der Waals surface area contributed by atoms with Gasteiger partial charge in [0, 0.05) is 0 Å². The third-order valence-corrected chi connectivity index (χ3v) is 4.56. The number of hydrogen-bond donors (Lipinski definition) is 2. The number of carbonyl (C=O) groups excluding carboxylic acids is 2. The number of carbonyl (C=O) groups is 3. The quantitative estimate of drug-likeness (QED) is 0.416. The van der Waals surface area contributed by atoms with Crippen molar-refractivity contribution in [1.82, 2.24) is 5.32 Å². The van der Waals surface area contributed by atoms with E-state index in [2.05, 4.69) is 5.32 Å². The van der Waals surface area contributed by atoms with E-state index in [0.717, 1.165) is 4.90 Å². The van der Waals surface area contributed by atoms with Gasteiger partial charge in [-0.25, -0.2) is 4.79 Å². The number of nitrogens with one attached hydrogen (secondary N) is 1. The summed E-state index contributed by atoms with van der Waals surface area (Å²) in [6, 6.07) is 10.6. The van der Waals surface area contributed by atoms with Gasteiger partial charge in [0.05, 0.1) is 25.0 Å². The number of aromatic carboxylic acids is 1. The summed E-state index contributed by atoms with van der Waals surface area (Å²) in [5.41, 5.74) is 0.839. The van der Waals surface area contributed by atoms with E-state index in [1.807, 2.05) is 6.92 Å². The molecule has 0 saturated carbocycles. The molecule has 154 valence electrons. The number of amides is 2. The van der Waals surface area contributed by atoms with Crippen LogP contribution in [0.5, 0.6) is 11.5 Å². The van der Waals surface area contributed by atoms with E-state index in [9.17, 15) is 14.4 Å². The summed E-state index contributed by atoms with van der Waals surface area (Å²) in [6.45, 7) is 2.25.